The van der Waals surface area contributed by atoms with Gasteiger partial charge >= 0.3 is 5.97 Å². The lowest BCUT2D eigenvalue weighted by molar-refractivity contribution is -0.143. The van der Waals surface area contributed by atoms with E-state index in [1.54, 1.807) is 6.92 Å². The van der Waals surface area contributed by atoms with Crippen LogP contribution in [-0.4, -0.2) is 25.0 Å². The average Bonchev–Trinajstić information content (AvgIpc) is 2.15. The fourth-order valence-electron chi connectivity index (χ4n) is 0.811. The Kier molecular flexibility index (Phi) is 7.24. The summed E-state index contributed by atoms with van der Waals surface area (Å²) in [5.74, 6) is 1.93. The first kappa shape index (κ1) is 12.5. The van der Waals surface area contributed by atoms with Crippen molar-refractivity contribution in [2.24, 2.45) is 0 Å². The summed E-state index contributed by atoms with van der Waals surface area (Å²) < 4.78 is 4.68. The second-order valence-electron chi connectivity index (χ2n) is 2.61. The van der Waals surface area contributed by atoms with E-state index in [2.05, 4.69) is 16.0 Å². The van der Waals surface area contributed by atoms with Crippen molar-refractivity contribution in [1.82, 2.24) is 5.32 Å². The predicted octanol–water partition coefficient (Wildman–Crippen LogP) is 0.469. The van der Waals surface area contributed by atoms with Crippen molar-refractivity contribution in [3.63, 3.8) is 0 Å². The van der Waals surface area contributed by atoms with Crippen LogP contribution in [0.5, 0.6) is 0 Å². The van der Waals surface area contributed by atoms with E-state index < -0.39 is 0 Å². The molecule has 0 fully saturated rings. The van der Waals surface area contributed by atoms with E-state index in [0.29, 0.717) is 26.0 Å². The number of hydrogen-bond acceptors (Lipinski definition) is 3. The molecule has 1 amide bonds. The smallest absolute Gasteiger partial charge is 0.307 e. The van der Waals surface area contributed by atoms with Gasteiger partial charge in [-0.2, -0.15) is 0 Å². The molecule has 0 atom stereocenters. The molecular weight excluding hydrogens is 182 g/mol. The number of nitrogens with one attached hydrogen (secondary N) is 1. The van der Waals surface area contributed by atoms with Gasteiger partial charge in [0.2, 0.25) is 5.91 Å². The lowest BCUT2D eigenvalue weighted by Crippen LogP contribution is -2.26. The summed E-state index contributed by atoms with van der Waals surface area (Å²) in [5, 5.41) is 2.57. The van der Waals surface area contributed by atoms with Crippen LogP contribution in [0.3, 0.4) is 0 Å². The van der Waals surface area contributed by atoms with Crippen LogP contribution in [0, 0.1) is 12.3 Å². The van der Waals surface area contributed by atoms with Gasteiger partial charge in [0.15, 0.2) is 0 Å². The van der Waals surface area contributed by atoms with Gasteiger partial charge in [0.25, 0.3) is 0 Å². The molecule has 0 heterocycles. The third-order valence-electron chi connectivity index (χ3n) is 1.45. The van der Waals surface area contributed by atoms with E-state index >= 15 is 0 Å². The molecule has 0 aromatic carbocycles. The minimum atomic E-state index is -0.301. The van der Waals surface area contributed by atoms with Crippen LogP contribution in [0.1, 0.15) is 26.2 Å². The lowest BCUT2D eigenvalue weighted by atomic mass is 10.3. The van der Waals surface area contributed by atoms with E-state index in [9.17, 15) is 9.59 Å². The highest BCUT2D eigenvalue weighted by atomic mass is 16.5. The van der Waals surface area contributed by atoms with Crippen molar-refractivity contribution in [1.29, 1.82) is 0 Å². The van der Waals surface area contributed by atoms with Crippen LogP contribution in [0.4, 0.5) is 0 Å². The number of rotatable bonds is 6. The predicted molar refractivity (Wildman–Crippen MR) is 52.3 cm³/mol. The van der Waals surface area contributed by atoms with Gasteiger partial charge < -0.3 is 10.1 Å². The fourth-order valence-corrected chi connectivity index (χ4v) is 0.811. The van der Waals surface area contributed by atoms with Crippen LogP contribution in [0.2, 0.25) is 0 Å². The van der Waals surface area contributed by atoms with Crippen LogP contribution >= 0.6 is 0 Å². The Labute approximate surface area is 84.0 Å². The normalized spacial score (nSPS) is 8.86. The molecule has 0 saturated carbocycles. The fraction of sp³-hybridized carbons (Fsp3) is 0.600. The Morgan fingerprint density at radius 1 is 1.43 bits per heavy atom. The van der Waals surface area contributed by atoms with Gasteiger partial charge in [0.1, 0.15) is 0 Å². The number of esters is 1. The average molecular weight is 197 g/mol. The van der Waals surface area contributed by atoms with Gasteiger partial charge in [-0.25, -0.2) is 0 Å². The van der Waals surface area contributed by atoms with Crippen molar-refractivity contribution in [2.45, 2.75) is 26.2 Å². The monoisotopic (exact) mass is 197 g/mol. The number of ether oxygens (including phenoxy) is 1. The molecule has 0 rings (SSSR count). The third kappa shape index (κ3) is 7.17. The zero-order chi connectivity index (χ0) is 10.8. The first-order valence-corrected chi connectivity index (χ1v) is 4.56. The molecule has 0 bridgehead atoms. The maximum absolute atomic E-state index is 11.0. The summed E-state index contributed by atoms with van der Waals surface area (Å²) in [6.45, 7) is 2.41. The number of amides is 1. The van der Waals surface area contributed by atoms with Crippen LogP contribution in [0.25, 0.3) is 0 Å². The van der Waals surface area contributed by atoms with Crippen molar-refractivity contribution in [3.05, 3.63) is 0 Å². The summed E-state index contributed by atoms with van der Waals surface area (Å²) in [4.78, 5) is 21.8. The SMILES string of the molecule is C#CCCC(=O)NCCC(=O)OCC. The van der Waals surface area contributed by atoms with Crippen molar-refractivity contribution >= 4 is 11.9 Å². The molecule has 0 aromatic heterocycles. The standard InChI is InChI=1S/C10H15NO3/c1-3-5-6-9(12)11-8-7-10(13)14-4-2/h1H,4-8H2,2H3,(H,11,12). The summed E-state index contributed by atoms with van der Waals surface area (Å²) >= 11 is 0. The molecule has 0 aliphatic rings. The van der Waals surface area contributed by atoms with E-state index in [1.807, 2.05) is 0 Å². The van der Waals surface area contributed by atoms with Crippen LogP contribution < -0.4 is 5.32 Å². The van der Waals surface area contributed by atoms with E-state index in [1.165, 1.54) is 0 Å². The largest absolute Gasteiger partial charge is 0.466 e. The highest BCUT2D eigenvalue weighted by molar-refractivity contribution is 5.77. The van der Waals surface area contributed by atoms with E-state index in [0.717, 1.165) is 0 Å². The second kappa shape index (κ2) is 8.11. The zero-order valence-corrected chi connectivity index (χ0v) is 8.34. The van der Waals surface area contributed by atoms with Crippen molar-refractivity contribution in [2.75, 3.05) is 13.2 Å². The highest BCUT2D eigenvalue weighted by Gasteiger charge is 2.03. The van der Waals surface area contributed by atoms with Crippen molar-refractivity contribution < 1.29 is 14.3 Å². The number of terminal acetylenes is 1. The summed E-state index contributed by atoms with van der Waals surface area (Å²) in [5.41, 5.74) is 0. The summed E-state index contributed by atoms with van der Waals surface area (Å²) in [6.07, 6.45) is 5.92. The molecule has 0 saturated heterocycles. The molecule has 0 unspecified atom stereocenters. The molecule has 0 aliphatic carbocycles. The Hall–Kier alpha value is -1.50. The quantitative estimate of drug-likeness (QED) is 0.497. The van der Waals surface area contributed by atoms with Crippen LogP contribution in [0.15, 0.2) is 0 Å². The molecule has 0 aromatic rings. The molecule has 0 radical (unpaired) electrons. The molecule has 0 aliphatic heterocycles. The highest BCUT2D eigenvalue weighted by Crippen LogP contribution is 1.88. The first-order chi connectivity index (χ1) is 6.70. The topological polar surface area (TPSA) is 55.4 Å². The summed E-state index contributed by atoms with van der Waals surface area (Å²) in [7, 11) is 0. The zero-order valence-electron chi connectivity index (χ0n) is 8.34. The van der Waals surface area contributed by atoms with Crippen molar-refractivity contribution in [3.8, 4) is 12.3 Å². The lowest BCUT2D eigenvalue weighted by Gasteiger charge is -2.03. The van der Waals surface area contributed by atoms with Crippen LogP contribution in [-0.2, 0) is 14.3 Å². The van der Waals surface area contributed by atoms with E-state index in [4.69, 9.17) is 6.42 Å². The Bertz CT molecular complexity index is 230. The molecule has 4 nitrogen and oxygen atoms in total. The maximum Gasteiger partial charge on any atom is 0.307 e. The Morgan fingerprint density at radius 2 is 2.14 bits per heavy atom. The van der Waals surface area contributed by atoms with E-state index in [-0.39, 0.29) is 18.3 Å². The Balaban J connectivity index is 3.40. The number of hydrogen-bond donors (Lipinski definition) is 1. The molecule has 14 heavy (non-hydrogen) atoms. The van der Waals surface area contributed by atoms with Gasteiger partial charge in [-0.05, 0) is 6.92 Å². The minimum absolute atomic E-state index is 0.132. The van der Waals surface area contributed by atoms with Gasteiger partial charge in [-0.1, -0.05) is 0 Å². The van der Waals surface area contributed by atoms with Gasteiger partial charge in [0.05, 0.1) is 13.0 Å². The third-order valence-corrected chi connectivity index (χ3v) is 1.45. The van der Waals surface area contributed by atoms with Gasteiger partial charge in [-0.3, -0.25) is 9.59 Å². The molecular formula is C10H15NO3. The molecule has 78 valence electrons. The number of carbonyl (C=O) groups excluding carboxylic acids is 2. The first-order valence-electron chi connectivity index (χ1n) is 4.56. The number of carbonyl (C=O) groups is 2. The maximum atomic E-state index is 11.0. The van der Waals surface area contributed by atoms with Gasteiger partial charge in [-0.15, -0.1) is 12.3 Å². The molecule has 1 N–H and O–H groups in total. The Morgan fingerprint density at radius 3 is 2.71 bits per heavy atom. The summed E-state index contributed by atoms with van der Waals surface area (Å²) in [6, 6.07) is 0. The molecule has 0 spiro atoms. The molecule has 4 heteroatoms. The second-order valence-corrected chi connectivity index (χ2v) is 2.61. The minimum Gasteiger partial charge on any atom is -0.466 e. The van der Waals surface area contributed by atoms with Gasteiger partial charge in [0, 0.05) is 19.4 Å².